The van der Waals surface area contributed by atoms with Crippen molar-refractivity contribution in [1.29, 1.82) is 0 Å². The zero-order valence-corrected chi connectivity index (χ0v) is 11.6. The highest BCUT2D eigenvalue weighted by atomic mass is 35.5. The van der Waals surface area contributed by atoms with E-state index in [1.54, 1.807) is 0 Å². The summed E-state index contributed by atoms with van der Waals surface area (Å²) >= 11 is 7.40. The van der Waals surface area contributed by atoms with Crippen LogP contribution in [0, 0.1) is 11.8 Å². The van der Waals surface area contributed by atoms with E-state index in [-0.39, 0.29) is 17.9 Å². The summed E-state index contributed by atoms with van der Waals surface area (Å²) in [6, 6.07) is 3.87. The van der Waals surface area contributed by atoms with Crippen molar-refractivity contribution in [3.8, 4) is 0 Å². The lowest BCUT2D eigenvalue weighted by atomic mass is 9.97. The molecule has 0 spiro atoms. The number of thiophene rings is 1. The van der Waals surface area contributed by atoms with E-state index in [0.717, 1.165) is 22.3 Å². The highest BCUT2D eigenvalue weighted by molar-refractivity contribution is 7.16. The lowest BCUT2D eigenvalue weighted by molar-refractivity contribution is -0.126. The van der Waals surface area contributed by atoms with E-state index < -0.39 is 0 Å². The van der Waals surface area contributed by atoms with Crippen molar-refractivity contribution in [3.05, 3.63) is 21.3 Å². The van der Waals surface area contributed by atoms with E-state index in [9.17, 15) is 4.79 Å². The standard InChI is InChI=1S/C12H17ClN2OS/c1-7-5-14-6-9(7)12(16)15-8(2)10-3-4-11(13)17-10/h3-4,7-9,14H,5-6H2,1-2H3,(H,15,16)/t7-,8?,9-/m1/s1. The average molecular weight is 273 g/mol. The lowest BCUT2D eigenvalue weighted by Crippen LogP contribution is -2.35. The molecule has 1 saturated heterocycles. The van der Waals surface area contributed by atoms with Crippen LogP contribution < -0.4 is 10.6 Å². The molecule has 2 heterocycles. The lowest BCUT2D eigenvalue weighted by Gasteiger charge is -2.18. The molecule has 1 aromatic rings. The summed E-state index contributed by atoms with van der Waals surface area (Å²) in [5, 5.41) is 6.30. The minimum atomic E-state index is 0.0350. The van der Waals surface area contributed by atoms with Gasteiger partial charge in [0.15, 0.2) is 0 Å². The molecular weight excluding hydrogens is 256 g/mol. The topological polar surface area (TPSA) is 41.1 Å². The van der Waals surface area contributed by atoms with Gasteiger partial charge in [-0.15, -0.1) is 11.3 Å². The molecule has 2 rings (SSSR count). The Bertz CT molecular complexity index is 407. The van der Waals surface area contributed by atoms with E-state index >= 15 is 0 Å². The molecule has 1 unspecified atom stereocenters. The number of nitrogens with one attached hydrogen (secondary N) is 2. The van der Waals surface area contributed by atoms with Gasteiger partial charge in [-0.1, -0.05) is 18.5 Å². The molecule has 1 aromatic heterocycles. The number of rotatable bonds is 3. The first-order valence-electron chi connectivity index (χ1n) is 5.84. The predicted octanol–water partition coefficient (Wildman–Crippen LogP) is 2.43. The molecular formula is C12H17ClN2OS. The van der Waals surface area contributed by atoms with Crippen LogP contribution in [0.5, 0.6) is 0 Å². The molecule has 0 radical (unpaired) electrons. The Morgan fingerprint density at radius 2 is 2.35 bits per heavy atom. The second-order valence-electron chi connectivity index (χ2n) is 4.61. The Hall–Kier alpha value is -0.580. The van der Waals surface area contributed by atoms with Crippen molar-refractivity contribution in [2.24, 2.45) is 11.8 Å². The third kappa shape index (κ3) is 3.00. The summed E-state index contributed by atoms with van der Waals surface area (Å²) in [6.07, 6.45) is 0. The van der Waals surface area contributed by atoms with E-state index in [4.69, 9.17) is 11.6 Å². The molecule has 5 heteroatoms. The van der Waals surface area contributed by atoms with Crippen LogP contribution in [-0.2, 0) is 4.79 Å². The molecule has 3 atom stereocenters. The Morgan fingerprint density at radius 3 is 2.88 bits per heavy atom. The SMILES string of the molecule is CC(NC(=O)[C@@H]1CNC[C@H]1C)c1ccc(Cl)s1. The first-order chi connectivity index (χ1) is 8.08. The number of carbonyl (C=O) groups excluding carboxylic acids is 1. The molecule has 0 aliphatic carbocycles. The third-order valence-electron chi connectivity index (χ3n) is 3.23. The molecule has 94 valence electrons. The van der Waals surface area contributed by atoms with E-state index in [1.807, 2.05) is 19.1 Å². The predicted molar refractivity (Wildman–Crippen MR) is 71.4 cm³/mol. The molecule has 0 aromatic carbocycles. The van der Waals surface area contributed by atoms with Gasteiger partial charge in [0.05, 0.1) is 16.3 Å². The maximum Gasteiger partial charge on any atom is 0.225 e. The van der Waals surface area contributed by atoms with E-state index in [2.05, 4.69) is 17.6 Å². The number of amides is 1. The highest BCUT2D eigenvalue weighted by Crippen LogP contribution is 2.27. The number of carbonyl (C=O) groups is 1. The second kappa shape index (κ2) is 5.38. The number of hydrogen-bond donors (Lipinski definition) is 2. The summed E-state index contributed by atoms with van der Waals surface area (Å²) in [7, 11) is 0. The van der Waals surface area contributed by atoms with Crippen molar-refractivity contribution < 1.29 is 4.79 Å². The van der Waals surface area contributed by atoms with Gasteiger partial charge in [-0.25, -0.2) is 0 Å². The molecule has 0 bridgehead atoms. The summed E-state index contributed by atoms with van der Waals surface area (Å²) < 4.78 is 0.761. The van der Waals surface area contributed by atoms with E-state index in [0.29, 0.717) is 5.92 Å². The summed E-state index contributed by atoms with van der Waals surface area (Å²) in [5.74, 6) is 0.640. The minimum absolute atomic E-state index is 0.0350. The van der Waals surface area contributed by atoms with Crippen LogP contribution in [0.3, 0.4) is 0 Å². The van der Waals surface area contributed by atoms with Crippen molar-refractivity contribution >= 4 is 28.8 Å². The van der Waals surface area contributed by atoms with Crippen molar-refractivity contribution in [1.82, 2.24) is 10.6 Å². The van der Waals surface area contributed by atoms with Crippen LogP contribution in [0.1, 0.15) is 24.8 Å². The third-order valence-corrected chi connectivity index (χ3v) is 4.65. The van der Waals surface area contributed by atoms with Crippen molar-refractivity contribution in [2.45, 2.75) is 19.9 Å². The maximum atomic E-state index is 12.1. The smallest absolute Gasteiger partial charge is 0.225 e. The zero-order chi connectivity index (χ0) is 12.4. The minimum Gasteiger partial charge on any atom is -0.348 e. The Morgan fingerprint density at radius 1 is 1.59 bits per heavy atom. The fourth-order valence-corrected chi connectivity index (χ4v) is 3.18. The van der Waals surface area contributed by atoms with Crippen LogP contribution in [-0.4, -0.2) is 19.0 Å². The van der Waals surface area contributed by atoms with Gasteiger partial charge >= 0.3 is 0 Å². The first-order valence-corrected chi connectivity index (χ1v) is 7.03. The molecule has 1 fully saturated rings. The van der Waals surface area contributed by atoms with Gasteiger partial charge in [0, 0.05) is 11.4 Å². The van der Waals surface area contributed by atoms with Gasteiger partial charge < -0.3 is 10.6 Å². The Kier molecular flexibility index (Phi) is 4.07. The molecule has 17 heavy (non-hydrogen) atoms. The second-order valence-corrected chi connectivity index (χ2v) is 6.36. The molecule has 3 nitrogen and oxygen atoms in total. The molecule has 2 N–H and O–H groups in total. The summed E-state index contributed by atoms with van der Waals surface area (Å²) in [4.78, 5) is 13.2. The highest BCUT2D eigenvalue weighted by Gasteiger charge is 2.30. The monoisotopic (exact) mass is 272 g/mol. The fourth-order valence-electron chi connectivity index (χ4n) is 2.11. The summed E-state index contributed by atoms with van der Waals surface area (Å²) in [5.41, 5.74) is 0. The van der Waals surface area contributed by atoms with Gasteiger partial charge in [0.25, 0.3) is 0 Å². The Labute approximate surface area is 111 Å². The van der Waals surface area contributed by atoms with Gasteiger partial charge in [-0.05, 0) is 31.5 Å². The van der Waals surface area contributed by atoms with Crippen LogP contribution in [0.4, 0.5) is 0 Å². The first kappa shape index (κ1) is 12.9. The van der Waals surface area contributed by atoms with Crippen LogP contribution in [0.25, 0.3) is 0 Å². The molecule has 1 amide bonds. The van der Waals surface area contributed by atoms with E-state index in [1.165, 1.54) is 11.3 Å². The quantitative estimate of drug-likeness (QED) is 0.887. The molecule has 1 aliphatic rings. The fraction of sp³-hybridized carbons (Fsp3) is 0.583. The average Bonchev–Trinajstić information content (AvgIpc) is 2.86. The van der Waals surface area contributed by atoms with Gasteiger partial charge in [-0.2, -0.15) is 0 Å². The summed E-state index contributed by atoms with van der Waals surface area (Å²) in [6.45, 7) is 5.81. The van der Waals surface area contributed by atoms with Crippen LogP contribution in [0.2, 0.25) is 4.34 Å². The number of halogens is 1. The van der Waals surface area contributed by atoms with Gasteiger partial charge in [0.2, 0.25) is 5.91 Å². The van der Waals surface area contributed by atoms with Gasteiger partial charge in [-0.3, -0.25) is 4.79 Å². The van der Waals surface area contributed by atoms with Crippen LogP contribution in [0.15, 0.2) is 12.1 Å². The Balaban J connectivity index is 1.94. The molecule has 0 saturated carbocycles. The molecule has 1 aliphatic heterocycles. The normalized spacial score (nSPS) is 25.8. The van der Waals surface area contributed by atoms with Crippen molar-refractivity contribution in [2.75, 3.05) is 13.1 Å². The van der Waals surface area contributed by atoms with Gasteiger partial charge in [0.1, 0.15) is 0 Å². The zero-order valence-electron chi connectivity index (χ0n) is 10.00. The number of hydrogen-bond acceptors (Lipinski definition) is 3. The van der Waals surface area contributed by atoms with Crippen LogP contribution >= 0.6 is 22.9 Å². The largest absolute Gasteiger partial charge is 0.348 e. The maximum absolute atomic E-state index is 12.1. The van der Waals surface area contributed by atoms with Crippen molar-refractivity contribution in [3.63, 3.8) is 0 Å².